The number of likely N-dealkylation sites (N-methyl/N-ethyl adjacent to an activating group) is 1. The van der Waals surface area contributed by atoms with E-state index in [2.05, 4.69) is 53.0 Å². The van der Waals surface area contributed by atoms with Gasteiger partial charge in [-0.2, -0.15) is 0 Å². The highest BCUT2D eigenvalue weighted by Gasteiger charge is 2.28. The molecule has 2 heterocycles. The molecule has 1 N–H and O–H groups in total. The van der Waals surface area contributed by atoms with Gasteiger partial charge in [0.2, 0.25) is 5.91 Å². The average molecular weight is 359 g/mol. The van der Waals surface area contributed by atoms with E-state index in [1.807, 2.05) is 0 Å². The van der Waals surface area contributed by atoms with E-state index in [1.54, 1.807) is 7.05 Å². The fraction of sp³-hybridized carbons (Fsp3) is 0.667. The second-order valence-corrected chi connectivity index (χ2v) is 8.12. The van der Waals surface area contributed by atoms with Crippen molar-refractivity contribution in [3.63, 3.8) is 0 Å². The van der Waals surface area contributed by atoms with Gasteiger partial charge in [0.25, 0.3) is 0 Å². The van der Waals surface area contributed by atoms with Crippen molar-refractivity contribution < 1.29 is 4.79 Å². The molecule has 2 aliphatic rings. The summed E-state index contributed by atoms with van der Waals surface area (Å²) >= 11 is 0. The van der Waals surface area contributed by atoms with E-state index in [0.29, 0.717) is 0 Å². The summed E-state index contributed by atoms with van der Waals surface area (Å²) < 4.78 is 0. The number of amides is 1. The number of piperazine rings is 1. The van der Waals surface area contributed by atoms with Crippen LogP contribution in [0.1, 0.15) is 28.7 Å². The molecule has 1 unspecified atom stereocenters. The third-order valence-electron chi connectivity index (χ3n) is 6.04. The van der Waals surface area contributed by atoms with Crippen LogP contribution in [0.5, 0.6) is 0 Å². The lowest BCUT2D eigenvalue weighted by molar-refractivity contribution is -0.124. The minimum Gasteiger partial charge on any atom is -0.359 e. The molecule has 0 saturated carbocycles. The zero-order valence-electron chi connectivity index (χ0n) is 16.8. The number of carbonyl (C=O) groups excluding carboxylic acids is 1. The summed E-state index contributed by atoms with van der Waals surface area (Å²) in [6.07, 6.45) is 0.971. The molecule has 26 heavy (non-hydrogen) atoms. The molecule has 2 aliphatic heterocycles. The predicted octanol–water partition coefficient (Wildman–Crippen LogP) is 1.62. The third kappa shape index (κ3) is 4.64. The summed E-state index contributed by atoms with van der Waals surface area (Å²) in [5.41, 5.74) is 5.66. The largest absolute Gasteiger partial charge is 0.359 e. The van der Waals surface area contributed by atoms with Gasteiger partial charge in [0.1, 0.15) is 0 Å². The van der Waals surface area contributed by atoms with E-state index in [1.165, 1.54) is 22.3 Å². The molecule has 1 aromatic carbocycles. The molecule has 1 atom stereocenters. The van der Waals surface area contributed by atoms with Crippen molar-refractivity contribution in [2.24, 2.45) is 5.92 Å². The first kappa shape index (κ1) is 19.3. The lowest BCUT2D eigenvalue weighted by Crippen LogP contribution is -2.44. The summed E-state index contributed by atoms with van der Waals surface area (Å²) in [5.74, 6) is 0.333. The van der Waals surface area contributed by atoms with E-state index in [4.69, 9.17) is 0 Å². The molecule has 0 spiro atoms. The Labute approximate surface area is 158 Å². The molecule has 144 valence electrons. The number of carbonyl (C=O) groups is 1. The number of nitrogens with zero attached hydrogens (tertiary/aromatic N) is 3. The number of nitrogens with one attached hydrogen (secondary N) is 1. The fourth-order valence-electron chi connectivity index (χ4n) is 4.22. The molecule has 1 amide bonds. The Balaban J connectivity index is 1.66. The van der Waals surface area contributed by atoms with Gasteiger partial charge in [0.15, 0.2) is 0 Å². The molecule has 5 nitrogen and oxygen atoms in total. The van der Waals surface area contributed by atoms with Gasteiger partial charge < -0.3 is 10.2 Å². The van der Waals surface area contributed by atoms with E-state index < -0.39 is 0 Å². The molecular weight excluding hydrogens is 324 g/mol. The minimum absolute atomic E-state index is 0.148. The van der Waals surface area contributed by atoms with Gasteiger partial charge in [-0.3, -0.25) is 14.6 Å². The molecule has 0 aliphatic carbocycles. The Hall–Kier alpha value is -1.43. The minimum atomic E-state index is 0.148. The number of hydrogen-bond donors (Lipinski definition) is 1. The SMILES string of the molecule is CNC(=O)C1CCN(Cc2cc(C)cc(CN3CCN(C)CC3)c2C)C1. The number of aryl methyl sites for hydroxylation is 1. The third-order valence-corrected chi connectivity index (χ3v) is 6.04. The van der Waals surface area contributed by atoms with Crippen molar-refractivity contribution in [2.75, 3.05) is 53.4 Å². The van der Waals surface area contributed by atoms with Crippen LogP contribution in [0, 0.1) is 19.8 Å². The summed E-state index contributed by atoms with van der Waals surface area (Å²) in [5, 5.41) is 2.79. The van der Waals surface area contributed by atoms with Gasteiger partial charge in [-0.1, -0.05) is 17.7 Å². The summed E-state index contributed by atoms with van der Waals surface area (Å²) in [7, 11) is 3.94. The summed E-state index contributed by atoms with van der Waals surface area (Å²) in [6.45, 7) is 13.0. The maximum Gasteiger partial charge on any atom is 0.224 e. The molecule has 2 saturated heterocycles. The zero-order valence-corrected chi connectivity index (χ0v) is 16.8. The van der Waals surface area contributed by atoms with Crippen molar-refractivity contribution in [3.8, 4) is 0 Å². The van der Waals surface area contributed by atoms with Crippen LogP contribution < -0.4 is 5.32 Å². The van der Waals surface area contributed by atoms with E-state index in [0.717, 1.165) is 58.8 Å². The van der Waals surface area contributed by atoms with Crippen LogP contribution in [0.3, 0.4) is 0 Å². The Morgan fingerprint density at radius 3 is 2.27 bits per heavy atom. The predicted molar refractivity (Wildman–Crippen MR) is 106 cm³/mol. The topological polar surface area (TPSA) is 38.8 Å². The molecule has 0 aromatic heterocycles. The van der Waals surface area contributed by atoms with Crippen molar-refractivity contribution in [1.82, 2.24) is 20.0 Å². The molecule has 5 heteroatoms. The van der Waals surface area contributed by atoms with E-state index in [9.17, 15) is 4.79 Å². The quantitative estimate of drug-likeness (QED) is 0.868. The molecule has 0 bridgehead atoms. The maximum atomic E-state index is 11.9. The van der Waals surface area contributed by atoms with Gasteiger partial charge in [-0.05, 0) is 50.6 Å². The van der Waals surface area contributed by atoms with Crippen molar-refractivity contribution in [1.29, 1.82) is 0 Å². The van der Waals surface area contributed by atoms with Crippen LogP contribution >= 0.6 is 0 Å². The highest BCUT2D eigenvalue weighted by Crippen LogP contribution is 2.24. The standard InChI is InChI=1S/C21H34N4O/c1-16-11-19(14-24-9-7-23(4)8-10-24)17(2)20(12-16)15-25-6-5-18(13-25)21(26)22-3/h11-12,18H,5-10,13-15H2,1-4H3,(H,22,26). The number of hydrogen-bond acceptors (Lipinski definition) is 4. The summed E-state index contributed by atoms with van der Waals surface area (Å²) in [4.78, 5) is 19.3. The highest BCUT2D eigenvalue weighted by atomic mass is 16.1. The van der Waals surface area contributed by atoms with Gasteiger partial charge in [-0.25, -0.2) is 0 Å². The van der Waals surface area contributed by atoms with Crippen molar-refractivity contribution >= 4 is 5.91 Å². The smallest absolute Gasteiger partial charge is 0.224 e. The first-order valence-electron chi connectivity index (χ1n) is 9.90. The Morgan fingerprint density at radius 1 is 1.04 bits per heavy atom. The number of likely N-dealkylation sites (tertiary alicyclic amines) is 1. The zero-order chi connectivity index (χ0) is 18.7. The number of rotatable bonds is 5. The van der Waals surface area contributed by atoms with Gasteiger partial charge in [0, 0.05) is 52.9 Å². The molecule has 2 fully saturated rings. The lowest BCUT2D eigenvalue weighted by Gasteiger charge is -2.33. The molecular formula is C21H34N4O. The van der Waals surface area contributed by atoms with Gasteiger partial charge >= 0.3 is 0 Å². The normalized spacial score (nSPS) is 22.7. The van der Waals surface area contributed by atoms with Crippen LogP contribution in [-0.2, 0) is 17.9 Å². The highest BCUT2D eigenvalue weighted by molar-refractivity contribution is 5.78. The van der Waals surface area contributed by atoms with E-state index >= 15 is 0 Å². The Bertz CT molecular complexity index is 637. The molecule has 0 radical (unpaired) electrons. The van der Waals surface area contributed by atoms with Gasteiger partial charge in [-0.15, -0.1) is 0 Å². The molecule has 3 rings (SSSR count). The second-order valence-electron chi connectivity index (χ2n) is 8.12. The van der Waals surface area contributed by atoms with E-state index in [-0.39, 0.29) is 11.8 Å². The Morgan fingerprint density at radius 2 is 1.65 bits per heavy atom. The fourth-order valence-corrected chi connectivity index (χ4v) is 4.22. The second kappa shape index (κ2) is 8.51. The van der Waals surface area contributed by atoms with Crippen molar-refractivity contribution in [3.05, 3.63) is 34.4 Å². The van der Waals surface area contributed by atoms with Crippen LogP contribution in [0.4, 0.5) is 0 Å². The van der Waals surface area contributed by atoms with Crippen LogP contribution in [0.25, 0.3) is 0 Å². The first-order chi connectivity index (χ1) is 12.5. The Kier molecular flexibility index (Phi) is 6.33. The summed E-state index contributed by atoms with van der Waals surface area (Å²) in [6, 6.07) is 4.69. The van der Waals surface area contributed by atoms with Crippen LogP contribution in [-0.4, -0.2) is 74.0 Å². The average Bonchev–Trinajstić information content (AvgIpc) is 3.08. The maximum absolute atomic E-state index is 11.9. The van der Waals surface area contributed by atoms with Crippen LogP contribution in [0.15, 0.2) is 12.1 Å². The van der Waals surface area contributed by atoms with Crippen molar-refractivity contribution in [2.45, 2.75) is 33.4 Å². The molecule has 1 aromatic rings. The van der Waals surface area contributed by atoms with Crippen LogP contribution in [0.2, 0.25) is 0 Å². The monoisotopic (exact) mass is 358 g/mol. The number of benzene rings is 1. The first-order valence-corrected chi connectivity index (χ1v) is 9.90. The van der Waals surface area contributed by atoms with Gasteiger partial charge in [0.05, 0.1) is 5.92 Å². The lowest BCUT2D eigenvalue weighted by atomic mass is 9.98.